The molecular formula is C11H15F3N4O3S. The first kappa shape index (κ1) is 16.7. The molecule has 0 aromatic carbocycles. The van der Waals surface area contributed by atoms with Crippen molar-refractivity contribution in [1.82, 2.24) is 19.6 Å². The smallest absolute Gasteiger partial charge is 0.322 e. The molecule has 0 bridgehead atoms. The first-order chi connectivity index (χ1) is 10.3. The number of thiol groups is 1. The third kappa shape index (κ3) is 4.19. The number of carbonyl (C=O) groups is 1. The molecule has 0 radical (unpaired) electrons. The maximum Gasteiger partial charge on any atom is 0.419 e. The predicted molar refractivity (Wildman–Crippen MR) is 71.0 cm³/mol. The molecule has 1 aromatic rings. The van der Waals surface area contributed by atoms with Crippen molar-refractivity contribution in [2.45, 2.75) is 12.6 Å². The largest absolute Gasteiger partial charge is 0.419 e. The van der Waals surface area contributed by atoms with E-state index in [0.717, 1.165) is 0 Å². The van der Waals surface area contributed by atoms with Crippen molar-refractivity contribution in [1.29, 1.82) is 0 Å². The van der Waals surface area contributed by atoms with Crippen LogP contribution in [0.5, 0.6) is 0 Å². The van der Waals surface area contributed by atoms with Gasteiger partial charge in [0, 0.05) is 32.4 Å². The van der Waals surface area contributed by atoms with Gasteiger partial charge < -0.3 is 4.90 Å². The standard InChI is InChI=1S/C11H15F3N4O3S/c12-11(13,14)9-6-15-18(7-9)10(19)17-3-1-2-16(4-5-17)8-22(20)21/h6-7,22H,1-5,8H2. The maximum atomic E-state index is 12.5. The molecule has 1 amide bonds. The Labute approximate surface area is 126 Å². The number of rotatable bonds is 2. The Morgan fingerprint density at radius 2 is 1.95 bits per heavy atom. The van der Waals surface area contributed by atoms with E-state index in [-0.39, 0.29) is 12.4 Å². The second-order valence-corrected chi connectivity index (χ2v) is 5.84. The average molecular weight is 340 g/mol. The molecule has 2 rings (SSSR count). The van der Waals surface area contributed by atoms with Gasteiger partial charge in [0.05, 0.1) is 17.6 Å². The summed E-state index contributed by atoms with van der Waals surface area (Å²) in [5, 5.41) is 3.45. The van der Waals surface area contributed by atoms with Gasteiger partial charge in [-0.25, -0.2) is 13.2 Å². The SMILES string of the molecule is O=C(N1CCCN(C[SH](=O)=O)CC1)n1cc(C(F)(F)F)cn1. The molecule has 1 aliphatic rings. The van der Waals surface area contributed by atoms with Crippen molar-refractivity contribution < 1.29 is 26.4 Å². The quantitative estimate of drug-likeness (QED) is 0.791. The maximum absolute atomic E-state index is 12.5. The number of carbonyl (C=O) groups excluding carboxylic acids is 1. The molecule has 0 unspecified atom stereocenters. The summed E-state index contributed by atoms with van der Waals surface area (Å²) in [6, 6.07) is -0.649. The fourth-order valence-electron chi connectivity index (χ4n) is 2.19. The molecule has 0 saturated carbocycles. The average Bonchev–Trinajstić information content (AvgIpc) is 2.80. The number of halogens is 3. The second kappa shape index (κ2) is 6.65. The van der Waals surface area contributed by atoms with Crippen LogP contribution in [0.1, 0.15) is 12.0 Å². The molecule has 2 heterocycles. The molecule has 0 aliphatic carbocycles. The topological polar surface area (TPSA) is 75.5 Å². The zero-order valence-electron chi connectivity index (χ0n) is 11.5. The Bertz CT molecular complexity index is 606. The van der Waals surface area contributed by atoms with Crippen molar-refractivity contribution in [2.24, 2.45) is 0 Å². The molecule has 0 N–H and O–H groups in total. The van der Waals surface area contributed by atoms with Crippen LogP contribution >= 0.6 is 0 Å². The Morgan fingerprint density at radius 1 is 1.23 bits per heavy atom. The van der Waals surface area contributed by atoms with E-state index in [9.17, 15) is 26.4 Å². The van der Waals surface area contributed by atoms with Crippen LogP contribution < -0.4 is 0 Å². The van der Waals surface area contributed by atoms with Crippen LogP contribution in [-0.2, 0) is 16.9 Å². The highest BCUT2D eigenvalue weighted by molar-refractivity contribution is 7.72. The highest BCUT2D eigenvalue weighted by Gasteiger charge is 2.33. The van der Waals surface area contributed by atoms with Gasteiger partial charge in [-0.15, -0.1) is 0 Å². The number of alkyl halides is 3. The lowest BCUT2D eigenvalue weighted by Crippen LogP contribution is -2.38. The molecule has 11 heteroatoms. The van der Waals surface area contributed by atoms with Crippen LogP contribution in [0.4, 0.5) is 18.0 Å². The van der Waals surface area contributed by atoms with Crippen molar-refractivity contribution >= 4 is 16.7 Å². The first-order valence-corrected chi connectivity index (χ1v) is 7.89. The van der Waals surface area contributed by atoms with Crippen molar-refractivity contribution in [3.05, 3.63) is 18.0 Å². The van der Waals surface area contributed by atoms with E-state index in [1.807, 2.05) is 0 Å². The Balaban J connectivity index is 2.02. The van der Waals surface area contributed by atoms with Gasteiger partial charge >= 0.3 is 12.2 Å². The van der Waals surface area contributed by atoms with Crippen LogP contribution in [0.3, 0.4) is 0 Å². The molecule has 7 nitrogen and oxygen atoms in total. The lowest BCUT2D eigenvalue weighted by molar-refractivity contribution is -0.137. The number of amides is 1. The monoisotopic (exact) mass is 340 g/mol. The number of aromatic nitrogens is 2. The number of hydrogen-bond acceptors (Lipinski definition) is 5. The molecule has 1 fully saturated rings. The van der Waals surface area contributed by atoms with E-state index in [0.29, 0.717) is 43.1 Å². The highest BCUT2D eigenvalue weighted by atomic mass is 32.2. The van der Waals surface area contributed by atoms with Gasteiger partial charge in [-0.1, -0.05) is 0 Å². The van der Waals surface area contributed by atoms with Gasteiger partial charge in [-0.3, -0.25) is 4.90 Å². The van der Waals surface area contributed by atoms with E-state index in [1.165, 1.54) is 4.90 Å². The van der Waals surface area contributed by atoms with E-state index >= 15 is 0 Å². The summed E-state index contributed by atoms with van der Waals surface area (Å²) in [7, 11) is -2.54. The van der Waals surface area contributed by atoms with Crippen LogP contribution in [0, 0.1) is 0 Å². The van der Waals surface area contributed by atoms with Gasteiger partial charge in [0.1, 0.15) is 0 Å². The lowest BCUT2D eigenvalue weighted by Gasteiger charge is -2.20. The molecule has 0 atom stereocenters. The Morgan fingerprint density at radius 3 is 2.55 bits per heavy atom. The molecule has 0 spiro atoms. The summed E-state index contributed by atoms with van der Waals surface area (Å²) in [5.74, 6) is -0.0860. The molecule has 22 heavy (non-hydrogen) atoms. The minimum absolute atomic E-state index is 0.0860. The van der Waals surface area contributed by atoms with E-state index in [1.54, 1.807) is 4.90 Å². The molecular weight excluding hydrogens is 325 g/mol. The summed E-state index contributed by atoms with van der Waals surface area (Å²) < 4.78 is 59.6. The van der Waals surface area contributed by atoms with Crippen LogP contribution in [-0.4, -0.2) is 66.1 Å². The molecule has 1 aliphatic heterocycles. The Hall–Kier alpha value is -1.62. The molecule has 124 valence electrons. The van der Waals surface area contributed by atoms with Gasteiger partial charge in [0.2, 0.25) is 0 Å². The van der Waals surface area contributed by atoms with Crippen molar-refractivity contribution in [3.8, 4) is 0 Å². The fourth-order valence-corrected chi connectivity index (χ4v) is 2.80. The predicted octanol–water partition coefficient (Wildman–Crippen LogP) is 0.447. The minimum atomic E-state index is -4.55. The summed E-state index contributed by atoms with van der Waals surface area (Å²) in [5.41, 5.74) is -0.986. The van der Waals surface area contributed by atoms with E-state index in [2.05, 4.69) is 5.10 Å². The Kier molecular flexibility index (Phi) is 5.06. The molecule has 1 saturated heterocycles. The second-order valence-electron chi connectivity index (χ2n) is 4.89. The van der Waals surface area contributed by atoms with E-state index < -0.39 is 28.5 Å². The van der Waals surface area contributed by atoms with Crippen LogP contribution in [0.2, 0.25) is 0 Å². The van der Waals surface area contributed by atoms with Gasteiger partial charge in [0.15, 0.2) is 10.7 Å². The van der Waals surface area contributed by atoms with E-state index in [4.69, 9.17) is 0 Å². The number of hydrogen-bond donors (Lipinski definition) is 1. The third-order valence-electron chi connectivity index (χ3n) is 3.28. The zero-order valence-corrected chi connectivity index (χ0v) is 12.4. The summed E-state index contributed by atoms with van der Waals surface area (Å²) in [6.07, 6.45) is -2.75. The number of nitrogens with zero attached hydrogens (tertiary/aromatic N) is 4. The zero-order chi connectivity index (χ0) is 16.3. The van der Waals surface area contributed by atoms with Gasteiger partial charge in [0.25, 0.3) is 0 Å². The van der Waals surface area contributed by atoms with Crippen LogP contribution in [0.15, 0.2) is 12.4 Å². The fraction of sp³-hybridized carbons (Fsp3) is 0.636. The highest BCUT2D eigenvalue weighted by Crippen LogP contribution is 2.28. The lowest BCUT2D eigenvalue weighted by atomic mass is 10.3. The van der Waals surface area contributed by atoms with Crippen molar-refractivity contribution in [3.63, 3.8) is 0 Å². The summed E-state index contributed by atoms with van der Waals surface area (Å²) in [4.78, 5) is 15.2. The van der Waals surface area contributed by atoms with Crippen LogP contribution in [0.25, 0.3) is 0 Å². The molecule has 1 aromatic heterocycles. The summed E-state index contributed by atoms with van der Waals surface area (Å²) in [6.45, 7) is 1.44. The van der Waals surface area contributed by atoms with Crippen molar-refractivity contribution in [2.75, 3.05) is 32.1 Å². The first-order valence-electron chi connectivity index (χ1n) is 6.52. The third-order valence-corrected chi connectivity index (χ3v) is 3.91. The minimum Gasteiger partial charge on any atom is -0.322 e. The van der Waals surface area contributed by atoms with Gasteiger partial charge in [-0.05, 0) is 6.42 Å². The summed E-state index contributed by atoms with van der Waals surface area (Å²) >= 11 is 0. The normalized spacial score (nSPS) is 17.7. The van der Waals surface area contributed by atoms with Gasteiger partial charge in [-0.2, -0.15) is 23.0 Å².